The minimum Gasteiger partial charge on any atom is -0.375 e. The van der Waals surface area contributed by atoms with E-state index in [9.17, 15) is 8.42 Å². The number of fused-ring (bicyclic) bond motifs is 4. The van der Waals surface area contributed by atoms with Crippen molar-refractivity contribution in [3.63, 3.8) is 0 Å². The lowest BCUT2D eigenvalue weighted by molar-refractivity contribution is -0.0789. The van der Waals surface area contributed by atoms with E-state index in [1.807, 2.05) is 0 Å². The fraction of sp³-hybridized carbons (Fsp3) is 1.00. The number of nitrogens with two attached hydrogens (primary N) is 1. The molecule has 1 aliphatic carbocycles. The highest BCUT2D eigenvalue weighted by atomic mass is 32.2. The van der Waals surface area contributed by atoms with Gasteiger partial charge in [0.05, 0.1) is 18.3 Å². The number of ether oxygens (including phenoxy) is 1. The van der Waals surface area contributed by atoms with Crippen LogP contribution in [0.2, 0.25) is 0 Å². The van der Waals surface area contributed by atoms with Crippen LogP contribution in [0.5, 0.6) is 0 Å². The molecule has 17 heavy (non-hydrogen) atoms. The van der Waals surface area contributed by atoms with Crippen LogP contribution in [-0.4, -0.2) is 26.7 Å². The van der Waals surface area contributed by atoms with E-state index >= 15 is 0 Å². The first-order valence-electron chi connectivity index (χ1n) is 6.30. The zero-order chi connectivity index (χ0) is 12.2. The second kappa shape index (κ2) is 3.91. The molecule has 0 radical (unpaired) electrons. The van der Waals surface area contributed by atoms with E-state index in [0.717, 1.165) is 25.7 Å². The van der Waals surface area contributed by atoms with Crippen molar-refractivity contribution in [1.82, 2.24) is 0 Å². The summed E-state index contributed by atoms with van der Waals surface area (Å²) in [5.41, 5.74) is 0. The van der Waals surface area contributed by atoms with Crippen molar-refractivity contribution in [2.24, 2.45) is 22.9 Å². The Morgan fingerprint density at radius 2 is 2.06 bits per heavy atom. The number of hydrogen-bond donors (Lipinski definition) is 1. The van der Waals surface area contributed by atoms with Gasteiger partial charge in [-0.3, -0.25) is 4.18 Å². The Kier molecular flexibility index (Phi) is 2.74. The van der Waals surface area contributed by atoms with Crippen LogP contribution in [-0.2, 0) is 19.2 Å². The molecule has 2 N–H and O–H groups in total. The van der Waals surface area contributed by atoms with E-state index in [1.165, 1.54) is 0 Å². The van der Waals surface area contributed by atoms with E-state index in [4.69, 9.17) is 14.1 Å². The molecule has 3 aliphatic rings. The van der Waals surface area contributed by atoms with Gasteiger partial charge in [-0.25, -0.2) is 5.14 Å². The molecule has 2 heterocycles. The molecule has 2 bridgehead atoms. The van der Waals surface area contributed by atoms with Gasteiger partial charge in [-0.2, -0.15) is 8.42 Å². The van der Waals surface area contributed by atoms with Gasteiger partial charge in [0.25, 0.3) is 0 Å². The van der Waals surface area contributed by atoms with Crippen molar-refractivity contribution in [1.29, 1.82) is 0 Å². The summed E-state index contributed by atoms with van der Waals surface area (Å²) in [6, 6.07) is 0. The fourth-order valence-electron chi connectivity index (χ4n) is 4.03. The standard InChI is InChI=1S/C11H19NO4S/c1-6-4-10(16-17(12,13)14)11-8(6)5-7-2-3-9(11)15-7/h6-11H,2-5H2,1H3,(H2,12,13,14)/t6-,7-,8-,9+,10?,11+/m1/s1. The van der Waals surface area contributed by atoms with Crippen LogP contribution in [0.3, 0.4) is 0 Å². The largest absolute Gasteiger partial charge is 0.375 e. The fourth-order valence-corrected chi connectivity index (χ4v) is 4.58. The Morgan fingerprint density at radius 1 is 1.29 bits per heavy atom. The SMILES string of the molecule is C[C@@H]1CC(OS(N)(=O)=O)[C@H]2[C@@H]1C[C@H]1CC[C@@H]2O1. The second-order valence-electron chi connectivity index (χ2n) is 5.69. The topological polar surface area (TPSA) is 78.6 Å². The van der Waals surface area contributed by atoms with E-state index in [1.54, 1.807) is 0 Å². The average Bonchev–Trinajstić information content (AvgIpc) is 2.69. The Bertz CT molecular complexity index is 410. The van der Waals surface area contributed by atoms with Crippen LogP contribution in [0.1, 0.15) is 32.6 Å². The molecule has 6 heteroatoms. The monoisotopic (exact) mass is 261 g/mol. The lowest BCUT2D eigenvalue weighted by Gasteiger charge is -2.35. The molecular formula is C11H19NO4S. The summed E-state index contributed by atoms with van der Waals surface area (Å²) in [4.78, 5) is 0. The predicted molar refractivity (Wildman–Crippen MR) is 61.3 cm³/mol. The van der Waals surface area contributed by atoms with Crippen molar-refractivity contribution >= 4 is 10.3 Å². The molecule has 0 aromatic carbocycles. The first-order chi connectivity index (χ1) is 7.94. The Balaban J connectivity index is 1.82. The first kappa shape index (κ1) is 11.9. The van der Waals surface area contributed by atoms with E-state index in [0.29, 0.717) is 17.9 Å². The summed E-state index contributed by atoms with van der Waals surface area (Å²) in [5, 5.41) is 4.99. The Hall–Kier alpha value is -0.170. The molecular weight excluding hydrogens is 242 g/mol. The van der Waals surface area contributed by atoms with Gasteiger partial charge in [-0.1, -0.05) is 6.92 Å². The molecule has 3 fully saturated rings. The Morgan fingerprint density at radius 3 is 2.76 bits per heavy atom. The molecule has 98 valence electrons. The zero-order valence-corrected chi connectivity index (χ0v) is 10.7. The van der Waals surface area contributed by atoms with Gasteiger partial charge >= 0.3 is 10.3 Å². The van der Waals surface area contributed by atoms with Gasteiger partial charge in [-0.15, -0.1) is 0 Å². The van der Waals surface area contributed by atoms with E-state index in [-0.39, 0.29) is 18.1 Å². The van der Waals surface area contributed by atoms with Crippen molar-refractivity contribution < 1.29 is 17.3 Å². The maximum absolute atomic E-state index is 11.1. The van der Waals surface area contributed by atoms with Crippen LogP contribution in [0, 0.1) is 17.8 Å². The predicted octanol–water partition coefficient (Wildman–Crippen LogP) is 0.799. The van der Waals surface area contributed by atoms with Crippen LogP contribution in [0.4, 0.5) is 0 Å². The highest BCUT2D eigenvalue weighted by molar-refractivity contribution is 7.84. The minimum absolute atomic E-state index is 0.176. The van der Waals surface area contributed by atoms with Crippen LogP contribution >= 0.6 is 0 Å². The molecule has 1 saturated carbocycles. The van der Waals surface area contributed by atoms with Crippen LogP contribution < -0.4 is 5.14 Å². The normalized spacial score (nSPS) is 49.3. The van der Waals surface area contributed by atoms with E-state index < -0.39 is 10.3 Å². The molecule has 2 saturated heterocycles. The summed E-state index contributed by atoms with van der Waals surface area (Å²) < 4.78 is 33.1. The number of hydrogen-bond acceptors (Lipinski definition) is 4. The third-order valence-electron chi connectivity index (χ3n) is 4.62. The molecule has 6 atom stereocenters. The average molecular weight is 261 g/mol. The van der Waals surface area contributed by atoms with Crippen molar-refractivity contribution in [3.8, 4) is 0 Å². The summed E-state index contributed by atoms with van der Waals surface area (Å²) in [6.45, 7) is 2.18. The molecule has 0 aromatic rings. The molecule has 0 spiro atoms. The lowest BCUT2D eigenvalue weighted by Crippen LogP contribution is -2.40. The highest BCUT2D eigenvalue weighted by Gasteiger charge is 2.53. The van der Waals surface area contributed by atoms with Gasteiger partial charge < -0.3 is 4.74 Å². The van der Waals surface area contributed by atoms with Gasteiger partial charge in [0.15, 0.2) is 0 Å². The second-order valence-corrected chi connectivity index (χ2v) is 6.87. The zero-order valence-electron chi connectivity index (χ0n) is 9.91. The molecule has 0 aromatic heterocycles. The summed E-state index contributed by atoms with van der Waals surface area (Å²) in [5.74, 6) is 1.24. The van der Waals surface area contributed by atoms with Crippen molar-refractivity contribution in [2.75, 3.05) is 0 Å². The van der Waals surface area contributed by atoms with Crippen molar-refractivity contribution in [3.05, 3.63) is 0 Å². The first-order valence-corrected chi connectivity index (χ1v) is 7.77. The maximum Gasteiger partial charge on any atom is 0.333 e. The molecule has 3 rings (SSSR count). The maximum atomic E-state index is 11.1. The quantitative estimate of drug-likeness (QED) is 0.797. The minimum atomic E-state index is -3.86. The highest BCUT2D eigenvalue weighted by Crippen LogP contribution is 2.51. The third-order valence-corrected chi connectivity index (χ3v) is 5.14. The lowest BCUT2D eigenvalue weighted by atomic mass is 9.82. The molecule has 5 nitrogen and oxygen atoms in total. The van der Waals surface area contributed by atoms with Crippen LogP contribution in [0.15, 0.2) is 0 Å². The van der Waals surface area contributed by atoms with Gasteiger partial charge in [0.1, 0.15) is 0 Å². The molecule has 1 unspecified atom stereocenters. The number of rotatable bonds is 2. The van der Waals surface area contributed by atoms with Gasteiger partial charge in [0.2, 0.25) is 0 Å². The van der Waals surface area contributed by atoms with Crippen molar-refractivity contribution in [2.45, 2.75) is 50.9 Å². The summed E-state index contributed by atoms with van der Waals surface area (Å²) >= 11 is 0. The molecule has 0 amide bonds. The van der Waals surface area contributed by atoms with Crippen LogP contribution in [0.25, 0.3) is 0 Å². The smallest absolute Gasteiger partial charge is 0.333 e. The third kappa shape index (κ3) is 2.12. The Labute approximate surface area is 102 Å². The molecule has 2 aliphatic heterocycles. The summed E-state index contributed by atoms with van der Waals surface area (Å²) in [6.07, 6.45) is 4.24. The summed E-state index contributed by atoms with van der Waals surface area (Å²) in [7, 11) is -3.86. The van der Waals surface area contributed by atoms with Gasteiger partial charge in [0, 0.05) is 5.92 Å². The van der Waals surface area contributed by atoms with Gasteiger partial charge in [-0.05, 0) is 37.5 Å². The van der Waals surface area contributed by atoms with E-state index in [2.05, 4.69) is 6.92 Å².